The van der Waals surface area contributed by atoms with Crippen molar-refractivity contribution in [2.45, 2.75) is 0 Å². The van der Waals surface area contributed by atoms with Gasteiger partial charge in [0.15, 0.2) is 0 Å². The average Bonchev–Trinajstić information content (AvgIpc) is 0. The summed E-state index contributed by atoms with van der Waals surface area (Å²) in [4.78, 5) is 0. The van der Waals surface area contributed by atoms with E-state index in [2.05, 4.69) is 0 Å². The number of hydrogen-bond donors (Lipinski definition) is 0. The molecule has 0 atom stereocenters. The first-order valence-corrected chi connectivity index (χ1v) is 0. The molecule has 9 heavy (non-hydrogen) atoms. The molecule has 0 bridgehead atoms. The third kappa shape index (κ3) is 57.7. The summed E-state index contributed by atoms with van der Waals surface area (Å²) in [5.41, 5.74) is 0. The van der Waals surface area contributed by atoms with Crippen LogP contribution in [0.3, 0.4) is 0 Å². The summed E-state index contributed by atoms with van der Waals surface area (Å²) in [6, 6.07) is 0. The summed E-state index contributed by atoms with van der Waals surface area (Å²) in [7, 11) is 0. The third-order valence-electron chi connectivity index (χ3n) is 0. The zero-order valence-electron chi connectivity index (χ0n) is 4.46. The molecule has 0 heterocycles. The minimum absolute atomic E-state index is 0. The van der Waals surface area contributed by atoms with Gasteiger partial charge in [-0.2, -0.15) is 0 Å². The van der Waals surface area contributed by atoms with Crippen LogP contribution >= 0.6 is 0 Å². The number of hydrogen-bond acceptors (Lipinski definition) is 0. The Morgan fingerprint density at radius 1 is 0.333 bits per heavy atom. The molecule has 5 nitrogen and oxygen atoms in total. The van der Waals surface area contributed by atoms with E-state index >= 15 is 0 Å². The smallest absolute Gasteiger partial charge is 2.00 e. The second-order valence-electron chi connectivity index (χ2n) is 0. The Labute approximate surface area is 202 Å². The Morgan fingerprint density at radius 2 is 0.333 bits per heavy atom. The molecule has 0 aromatic rings. The van der Waals surface area contributed by atoms with Gasteiger partial charge < -0.3 is 27.4 Å². The van der Waals surface area contributed by atoms with Crippen molar-refractivity contribution >= 4 is 97.8 Å². The molecule has 9 heteroatoms. The van der Waals surface area contributed by atoms with Crippen LogP contribution in [0.1, 0.15) is 0 Å². The predicted molar refractivity (Wildman–Crippen MR) is 14.9 cm³/mol. The van der Waals surface area contributed by atoms with E-state index in [-0.39, 0.29) is 209 Å². The summed E-state index contributed by atoms with van der Waals surface area (Å²) >= 11 is 0. The van der Waals surface area contributed by atoms with Gasteiger partial charge in [0.1, 0.15) is 0 Å². The number of rotatable bonds is 0. The Balaban J connectivity index is 0. The zero-order valence-corrected chi connectivity index (χ0v) is 19.6. The average molecular weight is 635 g/mol. The molecule has 0 rings (SSSR count). The van der Waals surface area contributed by atoms with Crippen LogP contribution in [0.5, 0.6) is 0 Å². The van der Waals surface area contributed by atoms with Gasteiger partial charge in [0.2, 0.25) is 0 Å². The Bertz CT molecular complexity index is 12.9. The zero-order chi connectivity index (χ0) is 0. The quantitative estimate of drug-likeness (QED) is 0.291. The molecule has 42 valence electrons. The van der Waals surface area contributed by atoms with Crippen LogP contribution in [0.4, 0.5) is 0 Å². The molecule has 0 aromatic heterocycles. The molecule has 0 aliphatic carbocycles. The summed E-state index contributed by atoms with van der Waals surface area (Å²) in [6.07, 6.45) is 0. The van der Waals surface area contributed by atoms with Crippen molar-refractivity contribution in [3.05, 3.63) is 0 Å². The first kappa shape index (κ1) is 85.0. The maximum absolute atomic E-state index is 0. The standard InChI is InChI=1S/2Ba.2Ce.5O/q2*+2;2*+3;5*-2. The monoisotopic (exact) mass is 636 g/mol. The van der Waals surface area contributed by atoms with Crippen LogP contribution in [0.15, 0.2) is 0 Å². The maximum Gasteiger partial charge on any atom is 3.00 e. The van der Waals surface area contributed by atoms with E-state index in [1.165, 1.54) is 0 Å². The fraction of sp³-hybridized carbons (Fsp3) is 0. The van der Waals surface area contributed by atoms with Crippen LogP contribution in [0.2, 0.25) is 0 Å². The summed E-state index contributed by atoms with van der Waals surface area (Å²) in [5, 5.41) is 0. The molecule has 0 aromatic carbocycles. The van der Waals surface area contributed by atoms with E-state index in [0.29, 0.717) is 0 Å². The molecule has 0 aliphatic rings. The van der Waals surface area contributed by atoms with Gasteiger partial charge in [-0.25, -0.2) is 0 Å². The summed E-state index contributed by atoms with van der Waals surface area (Å²) in [5.74, 6) is 0. The van der Waals surface area contributed by atoms with Gasteiger partial charge in [-0.3, -0.25) is 0 Å². The molecule has 0 saturated carbocycles. The molecule has 0 N–H and O–H groups in total. The van der Waals surface area contributed by atoms with Crippen LogP contribution < -0.4 is 0 Å². The van der Waals surface area contributed by atoms with Crippen molar-refractivity contribution in [2.75, 3.05) is 0 Å². The van der Waals surface area contributed by atoms with Gasteiger partial charge in [0.25, 0.3) is 0 Å². The summed E-state index contributed by atoms with van der Waals surface area (Å²) in [6.45, 7) is 0. The molecule has 0 aliphatic heterocycles. The molecular weight excluding hydrogens is 635 g/mol. The van der Waals surface area contributed by atoms with E-state index in [4.69, 9.17) is 0 Å². The third-order valence-corrected chi connectivity index (χ3v) is 0. The SMILES string of the molecule is [Ba+2].[Ba+2].[Ce+3].[Ce+3].[O-2].[O-2].[O-2].[O-2].[O-2]. The van der Waals surface area contributed by atoms with Gasteiger partial charge in [0.05, 0.1) is 0 Å². The molecule has 0 fully saturated rings. The van der Waals surface area contributed by atoms with Gasteiger partial charge in [-0.1, -0.05) is 0 Å². The van der Waals surface area contributed by atoms with E-state index in [1.54, 1.807) is 0 Å². The Morgan fingerprint density at radius 3 is 0.333 bits per heavy atom. The first-order valence-electron chi connectivity index (χ1n) is 0. The second-order valence-corrected chi connectivity index (χ2v) is 0. The molecule has 0 spiro atoms. The van der Waals surface area contributed by atoms with Gasteiger partial charge in [0, 0.05) is 0 Å². The predicted octanol–water partition coefficient (Wildman–Crippen LogP) is -1.36. The van der Waals surface area contributed by atoms with Gasteiger partial charge in [-0.15, -0.1) is 0 Å². The molecular formula is Ba2Ce2O5. The molecule has 0 saturated heterocycles. The fourth-order valence-electron chi connectivity index (χ4n) is 0. The van der Waals surface area contributed by atoms with Crippen molar-refractivity contribution in [1.29, 1.82) is 0 Å². The van der Waals surface area contributed by atoms with Crippen LogP contribution in [-0.4, -0.2) is 97.8 Å². The second kappa shape index (κ2) is 68.0. The van der Waals surface area contributed by atoms with E-state index < -0.39 is 0 Å². The van der Waals surface area contributed by atoms with Gasteiger partial charge >= 0.3 is 181 Å². The van der Waals surface area contributed by atoms with Crippen molar-refractivity contribution in [3.8, 4) is 0 Å². The topological polar surface area (TPSA) is 142 Å². The normalized spacial score (nSPS) is 0. The maximum atomic E-state index is 0. The van der Waals surface area contributed by atoms with Crippen LogP contribution in [0.25, 0.3) is 0 Å². The Kier molecular flexibility index (Phi) is 642. The largest absolute Gasteiger partial charge is 3.00 e. The minimum Gasteiger partial charge on any atom is -2.00 e. The van der Waals surface area contributed by atoms with Crippen molar-refractivity contribution in [3.63, 3.8) is 0 Å². The summed E-state index contributed by atoms with van der Waals surface area (Å²) < 4.78 is 0. The van der Waals surface area contributed by atoms with E-state index in [0.717, 1.165) is 0 Å². The fourth-order valence-corrected chi connectivity index (χ4v) is 0. The van der Waals surface area contributed by atoms with Gasteiger partial charge in [-0.05, 0) is 0 Å². The van der Waals surface area contributed by atoms with E-state index in [9.17, 15) is 0 Å². The van der Waals surface area contributed by atoms with Crippen LogP contribution in [0, 0.1) is 83.5 Å². The van der Waals surface area contributed by atoms with E-state index in [1.807, 2.05) is 0 Å². The van der Waals surface area contributed by atoms with Crippen molar-refractivity contribution < 1.29 is 111 Å². The van der Waals surface area contributed by atoms with Crippen molar-refractivity contribution in [1.82, 2.24) is 0 Å². The minimum atomic E-state index is 0. The van der Waals surface area contributed by atoms with Crippen molar-refractivity contribution in [2.24, 2.45) is 0 Å². The van der Waals surface area contributed by atoms with Crippen LogP contribution in [-0.2, 0) is 27.4 Å². The molecule has 2 radical (unpaired) electrons. The Hall–Kier alpha value is 5.70. The molecule has 0 amide bonds. The molecule has 0 unspecified atom stereocenters. The first-order chi connectivity index (χ1) is 0.